The molecule has 1 aliphatic rings. The maximum absolute atomic E-state index is 6.10. The second-order valence-corrected chi connectivity index (χ2v) is 16.1. The van der Waals surface area contributed by atoms with Crippen LogP contribution in [0.4, 0.5) is 0 Å². The van der Waals surface area contributed by atoms with Crippen LogP contribution in [0.15, 0.2) is 235 Å². The van der Waals surface area contributed by atoms with Gasteiger partial charge < -0.3 is 4.42 Å². The monoisotopic (exact) mass is 790 g/mol. The van der Waals surface area contributed by atoms with Crippen molar-refractivity contribution in [2.24, 2.45) is 0 Å². The SMILES string of the molecule is c1ccc(-c2nc(-c3ccc(-c4ccc5oc6ccccc6c5c4)cc3)cc(-c3cccc(-c4ccc5c(c4)-c4ccccc4C5(c4ccccc4)c4ccccc4)c3)n2)cc1. The second-order valence-electron chi connectivity index (χ2n) is 16.1. The van der Waals surface area contributed by atoms with Crippen LogP contribution in [-0.2, 0) is 5.41 Å². The van der Waals surface area contributed by atoms with Gasteiger partial charge in [0.1, 0.15) is 11.2 Å². The molecule has 0 radical (unpaired) electrons. The van der Waals surface area contributed by atoms with Crippen molar-refractivity contribution in [1.82, 2.24) is 9.97 Å². The molecule has 3 nitrogen and oxygen atoms in total. The molecule has 0 saturated carbocycles. The van der Waals surface area contributed by atoms with Gasteiger partial charge >= 0.3 is 0 Å². The Morgan fingerprint density at radius 1 is 0.306 bits per heavy atom. The van der Waals surface area contributed by atoms with Gasteiger partial charge in [-0.3, -0.25) is 0 Å². The number of rotatable bonds is 7. The van der Waals surface area contributed by atoms with Crippen LogP contribution in [0.1, 0.15) is 22.3 Å². The van der Waals surface area contributed by atoms with Crippen molar-refractivity contribution >= 4 is 21.9 Å². The molecule has 2 aromatic heterocycles. The second kappa shape index (κ2) is 14.5. The molecule has 0 bridgehead atoms. The number of furan rings is 1. The molecule has 0 saturated heterocycles. The van der Waals surface area contributed by atoms with Crippen LogP contribution in [-0.4, -0.2) is 9.97 Å². The van der Waals surface area contributed by atoms with Crippen molar-refractivity contribution in [3.8, 4) is 67.3 Å². The predicted molar refractivity (Wildman–Crippen MR) is 254 cm³/mol. The summed E-state index contributed by atoms with van der Waals surface area (Å²) in [6.07, 6.45) is 0. The Morgan fingerprint density at radius 2 is 0.839 bits per heavy atom. The fraction of sp³-hybridized carbons (Fsp3) is 0.0169. The number of fused-ring (bicyclic) bond motifs is 6. The van der Waals surface area contributed by atoms with Gasteiger partial charge in [0.25, 0.3) is 0 Å². The van der Waals surface area contributed by atoms with Gasteiger partial charge in [0.15, 0.2) is 5.82 Å². The fourth-order valence-electron chi connectivity index (χ4n) is 9.69. The third-order valence-electron chi connectivity index (χ3n) is 12.6. The highest BCUT2D eigenvalue weighted by Crippen LogP contribution is 2.56. The van der Waals surface area contributed by atoms with E-state index in [2.05, 4.69) is 200 Å². The Labute approximate surface area is 360 Å². The summed E-state index contributed by atoms with van der Waals surface area (Å²) in [5.41, 5.74) is 18.4. The standard InChI is InChI=1S/C59H38N2O/c1-4-15-41(16-5-1)58-60-54(40-29-27-39(28-30-40)43-32-34-57-51(37-43)49-24-11-13-26-56(49)62-57)38-55(61-58)45-18-14-17-42(35-45)44-31-33-53-50(36-44)48-23-10-12-25-52(48)59(53,46-19-6-2-7-20-46)47-21-8-3-9-22-47/h1-38H. The van der Waals surface area contributed by atoms with Gasteiger partial charge in [-0.05, 0) is 92.0 Å². The maximum atomic E-state index is 6.10. The van der Waals surface area contributed by atoms with E-state index in [1.165, 1.54) is 33.4 Å². The lowest BCUT2D eigenvalue weighted by Crippen LogP contribution is -2.28. The quantitative estimate of drug-likeness (QED) is 0.161. The first-order valence-corrected chi connectivity index (χ1v) is 21.1. The molecule has 0 unspecified atom stereocenters. The van der Waals surface area contributed by atoms with Crippen LogP contribution in [0.3, 0.4) is 0 Å². The van der Waals surface area contributed by atoms with Crippen LogP contribution >= 0.6 is 0 Å². The third kappa shape index (κ3) is 5.82. The van der Waals surface area contributed by atoms with Crippen molar-refractivity contribution < 1.29 is 4.42 Å². The van der Waals surface area contributed by atoms with Crippen molar-refractivity contribution in [2.45, 2.75) is 5.41 Å². The highest BCUT2D eigenvalue weighted by Gasteiger charge is 2.45. The minimum Gasteiger partial charge on any atom is -0.456 e. The van der Waals surface area contributed by atoms with E-state index in [4.69, 9.17) is 14.4 Å². The van der Waals surface area contributed by atoms with Crippen LogP contribution in [0.25, 0.3) is 89.2 Å². The Morgan fingerprint density at radius 3 is 1.61 bits per heavy atom. The van der Waals surface area contributed by atoms with Crippen LogP contribution in [0.5, 0.6) is 0 Å². The lowest BCUT2D eigenvalue weighted by Gasteiger charge is -2.33. The van der Waals surface area contributed by atoms with Gasteiger partial charge in [0.05, 0.1) is 16.8 Å². The molecule has 0 N–H and O–H groups in total. The molecular formula is C59H38N2O. The van der Waals surface area contributed by atoms with Crippen molar-refractivity contribution in [3.05, 3.63) is 253 Å². The van der Waals surface area contributed by atoms with E-state index in [0.717, 1.165) is 72.3 Å². The van der Waals surface area contributed by atoms with E-state index in [0.29, 0.717) is 5.82 Å². The van der Waals surface area contributed by atoms with Gasteiger partial charge in [0, 0.05) is 27.5 Å². The molecule has 0 aliphatic heterocycles. The molecule has 3 heteroatoms. The Hall–Kier alpha value is -8.14. The van der Waals surface area contributed by atoms with E-state index in [9.17, 15) is 0 Å². The average Bonchev–Trinajstić information content (AvgIpc) is 3.88. The first kappa shape index (κ1) is 35.8. The summed E-state index contributed by atoms with van der Waals surface area (Å²) >= 11 is 0. The van der Waals surface area contributed by atoms with Gasteiger partial charge in [-0.2, -0.15) is 0 Å². The summed E-state index contributed by atoms with van der Waals surface area (Å²) in [7, 11) is 0. The van der Waals surface area contributed by atoms with Crippen LogP contribution in [0.2, 0.25) is 0 Å². The molecular weight excluding hydrogens is 753 g/mol. The topological polar surface area (TPSA) is 38.9 Å². The molecule has 62 heavy (non-hydrogen) atoms. The minimum absolute atomic E-state index is 0.430. The molecule has 0 amide bonds. The summed E-state index contributed by atoms with van der Waals surface area (Å²) in [5.74, 6) is 0.692. The van der Waals surface area contributed by atoms with Gasteiger partial charge in [-0.25, -0.2) is 9.97 Å². The summed E-state index contributed by atoms with van der Waals surface area (Å²) in [5, 5.41) is 2.25. The molecule has 1 aliphatic carbocycles. The highest BCUT2D eigenvalue weighted by molar-refractivity contribution is 6.06. The molecule has 11 aromatic rings. The van der Waals surface area contributed by atoms with Crippen LogP contribution < -0.4 is 0 Å². The molecule has 290 valence electrons. The zero-order valence-corrected chi connectivity index (χ0v) is 33.7. The zero-order chi connectivity index (χ0) is 41.0. The first-order valence-electron chi connectivity index (χ1n) is 21.1. The zero-order valence-electron chi connectivity index (χ0n) is 33.7. The van der Waals surface area contributed by atoms with E-state index in [1.54, 1.807) is 0 Å². The van der Waals surface area contributed by atoms with Crippen LogP contribution in [0, 0.1) is 0 Å². The molecule has 2 heterocycles. The van der Waals surface area contributed by atoms with Crippen molar-refractivity contribution in [2.75, 3.05) is 0 Å². The number of aromatic nitrogens is 2. The van der Waals surface area contributed by atoms with Gasteiger partial charge in [-0.1, -0.05) is 194 Å². The summed E-state index contributed by atoms with van der Waals surface area (Å²) in [6.45, 7) is 0. The van der Waals surface area contributed by atoms with Gasteiger partial charge in [-0.15, -0.1) is 0 Å². The van der Waals surface area contributed by atoms with E-state index < -0.39 is 5.41 Å². The Kier molecular flexibility index (Phi) is 8.39. The normalized spacial score (nSPS) is 12.6. The van der Waals surface area contributed by atoms with E-state index >= 15 is 0 Å². The molecule has 0 atom stereocenters. The van der Waals surface area contributed by atoms with Gasteiger partial charge in [0.2, 0.25) is 0 Å². The van der Waals surface area contributed by atoms with E-state index in [1.807, 2.05) is 30.3 Å². The molecule has 0 fully saturated rings. The van der Waals surface area contributed by atoms with E-state index in [-0.39, 0.29) is 0 Å². The first-order chi connectivity index (χ1) is 30.7. The lowest BCUT2D eigenvalue weighted by atomic mass is 9.67. The Bertz CT molecular complexity index is 3400. The summed E-state index contributed by atoms with van der Waals surface area (Å²) in [6, 6.07) is 82.3. The summed E-state index contributed by atoms with van der Waals surface area (Å²) in [4.78, 5) is 10.4. The lowest BCUT2D eigenvalue weighted by molar-refractivity contribution is 0.669. The molecule has 12 rings (SSSR count). The minimum atomic E-state index is -0.430. The highest BCUT2D eigenvalue weighted by atomic mass is 16.3. The molecule has 9 aromatic carbocycles. The number of hydrogen-bond donors (Lipinski definition) is 0. The smallest absolute Gasteiger partial charge is 0.160 e. The number of hydrogen-bond acceptors (Lipinski definition) is 3. The largest absolute Gasteiger partial charge is 0.456 e. The van der Waals surface area contributed by atoms with Crippen molar-refractivity contribution in [1.29, 1.82) is 0 Å². The third-order valence-corrected chi connectivity index (χ3v) is 12.6. The predicted octanol–water partition coefficient (Wildman–Crippen LogP) is 15.1. The number of para-hydroxylation sites is 1. The fourth-order valence-corrected chi connectivity index (χ4v) is 9.69. The number of benzene rings is 9. The average molecular weight is 791 g/mol. The Balaban J connectivity index is 0.944. The maximum Gasteiger partial charge on any atom is 0.160 e. The van der Waals surface area contributed by atoms with Crippen molar-refractivity contribution in [3.63, 3.8) is 0 Å². The molecule has 0 spiro atoms. The summed E-state index contributed by atoms with van der Waals surface area (Å²) < 4.78 is 6.10. The number of nitrogens with zero attached hydrogens (tertiary/aromatic N) is 2.